The summed E-state index contributed by atoms with van der Waals surface area (Å²) in [5, 5.41) is 3.39. The van der Waals surface area contributed by atoms with E-state index in [2.05, 4.69) is 10.3 Å². The van der Waals surface area contributed by atoms with Crippen LogP contribution in [0.4, 0.5) is 5.13 Å². The van der Waals surface area contributed by atoms with Crippen molar-refractivity contribution in [1.82, 2.24) is 10.3 Å². The second-order valence-corrected chi connectivity index (χ2v) is 5.64. The highest BCUT2D eigenvalue weighted by atomic mass is 35.5. The summed E-state index contributed by atoms with van der Waals surface area (Å²) in [6.07, 6.45) is 0. The van der Waals surface area contributed by atoms with Crippen LogP contribution in [0.25, 0.3) is 10.2 Å². The zero-order valence-corrected chi connectivity index (χ0v) is 12.4. The number of carbonyl (C=O) groups excluding carboxylic acids is 2. The molecule has 0 aliphatic carbocycles. The summed E-state index contributed by atoms with van der Waals surface area (Å²) in [4.78, 5) is 25.3. The maximum Gasteiger partial charge on any atom is 0.254 e. The molecule has 3 rings (SSSR count). The first-order valence-corrected chi connectivity index (χ1v) is 6.93. The number of hydrogen-bond acceptors (Lipinski definition) is 5. The van der Waals surface area contributed by atoms with E-state index in [-0.39, 0.29) is 11.8 Å². The van der Waals surface area contributed by atoms with E-state index < -0.39 is 0 Å². The van der Waals surface area contributed by atoms with Gasteiger partial charge in [0.15, 0.2) is 5.13 Å². The zero-order chi connectivity index (χ0) is 14.9. The number of benzene rings is 1. The van der Waals surface area contributed by atoms with Gasteiger partial charge in [-0.1, -0.05) is 29.0 Å². The number of hydrogen-bond donors (Lipinski definition) is 2. The smallest absolute Gasteiger partial charge is 0.254 e. The lowest BCUT2D eigenvalue weighted by atomic mass is 10.2. The number of nitrogens with zero attached hydrogens (tertiary/aromatic N) is 1. The Kier molecular flexibility index (Phi) is 4.06. The standard InChI is InChI=1S/C7H5ClN2S.C6H7NO2/c8-4-2-1-3-5-6(4)10-7(9)11-5;1-3-4(2)6(9)7-5(3)8/h1-3H,(H2,9,10);1-2H3,(H,7,8,9). The average Bonchev–Trinajstić information content (AvgIpc) is 2.88. The Morgan fingerprint density at radius 2 is 1.80 bits per heavy atom. The molecule has 2 amide bonds. The lowest BCUT2D eigenvalue weighted by Crippen LogP contribution is -2.22. The monoisotopic (exact) mass is 309 g/mol. The molecule has 1 aliphatic heterocycles. The van der Waals surface area contributed by atoms with Crippen molar-refractivity contribution < 1.29 is 9.59 Å². The SMILES string of the molecule is CC1=C(C)C(=O)NC1=O.Nc1nc2c(Cl)cccc2s1. The van der Waals surface area contributed by atoms with E-state index >= 15 is 0 Å². The average molecular weight is 310 g/mol. The number of nitrogens with two attached hydrogens (primary N) is 1. The van der Waals surface area contributed by atoms with Crippen molar-refractivity contribution in [2.24, 2.45) is 0 Å². The summed E-state index contributed by atoms with van der Waals surface area (Å²) in [6.45, 7) is 3.27. The Labute approximate surface area is 124 Å². The van der Waals surface area contributed by atoms with Crippen molar-refractivity contribution in [3.8, 4) is 0 Å². The second kappa shape index (κ2) is 5.60. The number of halogens is 1. The van der Waals surface area contributed by atoms with Gasteiger partial charge in [0.2, 0.25) is 0 Å². The molecule has 104 valence electrons. The van der Waals surface area contributed by atoms with E-state index in [1.54, 1.807) is 13.8 Å². The molecule has 0 saturated heterocycles. The first kappa shape index (κ1) is 14.5. The maximum absolute atomic E-state index is 10.6. The third kappa shape index (κ3) is 2.81. The van der Waals surface area contributed by atoms with Gasteiger partial charge in [0.25, 0.3) is 11.8 Å². The van der Waals surface area contributed by atoms with Gasteiger partial charge >= 0.3 is 0 Å². The molecule has 20 heavy (non-hydrogen) atoms. The highest BCUT2D eigenvalue weighted by Crippen LogP contribution is 2.28. The molecule has 0 atom stereocenters. The first-order chi connectivity index (χ1) is 9.40. The first-order valence-electron chi connectivity index (χ1n) is 5.74. The summed E-state index contributed by atoms with van der Waals surface area (Å²) < 4.78 is 1.04. The van der Waals surface area contributed by atoms with Gasteiger partial charge in [-0.3, -0.25) is 14.9 Å². The number of amides is 2. The Balaban J connectivity index is 0.000000151. The fourth-order valence-electron chi connectivity index (χ4n) is 1.56. The number of para-hydroxylation sites is 1. The lowest BCUT2D eigenvalue weighted by molar-refractivity contribution is -0.124. The van der Waals surface area contributed by atoms with Gasteiger partial charge in [-0.2, -0.15) is 0 Å². The lowest BCUT2D eigenvalue weighted by Gasteiger charge is -1.87. The summed E-state index contributed by atoms with van der Waals surface area (Å²) in [6, 6.07) is 5.65. The van der Waals surface area contributed by atoms with Crippen molar-refractivity contribution >= 4 is 50.1 Å². The van der Waals surface area contributed by atoms with Crippen LogP contribution in [0, 0.1) is 0 Å². The van der Waals surface area contributed by atoms with Crippen LogP contribution in [-0.2, 0) is 9.59 Å². The predicted octanol–water partition coefficient (Wildman–Crippen LogP) is 2.51. The summed E-state index contributed by atoms with van der Waals surface area (Å²) in [5.41, 5.74) is 7.37. The molecule has 0 fully saturated rings. The Hall–Kier alpha value is -1.92. The van der Waals surface area contributed by atoms with Crippen LogP contribution in [0.3, 0.4) is 0 Å². The number of carbonyl (C=O) groups is 2. The Morgan fingerprint density at radius 3 is 2.25 bits per heavy atom. The molecule has 7 heteroatoms. The largest absolute Gasteiger partial charge is 0.375 e. The summed E-state index contributed by atoms with van der Waals surface area (Å²) >= 11 is 7.31. The van der Waals surface area contributed by atoms with Crippen molar-refractivity contribution in [1.29, 1.82) is 0 Å². The highest BCUT2D eigenvalue weighted by molar-refractivity contribution is 7.22. The number of aromatic nitrogens is 1. The fraction of sp³-hybridized carbons (Fsp3) is 0.154. The quantitative estimate of drug-likeness (QED) is 0.732. The molecule has 2 heterocycles. The molecule has 0 unspecified atom stereocenters. The minimum atomic E-state index is -0.266. The van der Waals surface area contributed by atoms with E-state index in [0.717, 1.165) is 10.2 Å². The molecule has 1 aromatic heterocycles. The molecule has 0 radical (unpaired) electrons. The molecular formula is C13H12ClN3O2S. The van der Waals surface area contributed by atoms with Gasteiger partial charge in [-0.25, -0.2) is 4.98 Å². The third-order valence-electron chi connectivity index (χ3n) is 2.86. The molecule has 1 aromatic carbocycles. The third-order valence-corrected chi connectivity index (χ3v) is 4.01. The van der Waals surface area contributed by atoms with Gasteiger partial charge in [0.05, 0.1) is 9.72 Å². The van der Waals surface area contributed by atoms with E-state index in [9.17, 15) is 9.59 Å². The van der Waals surface area contributed by atoms with Gasteiger partial charge < -0.3 is 5.73 Å². The highest BCUT2D eigenvalue weighted by Gasteiger charge is 2.22. The van der Waals surface area contributed by atoms with Crippen LogP contribution < -0.4 is 11.1 Å². The van der Waals surface area contributed by atoms with E-state index in [0.29, 0.717) is 21.3 Å². The second-order valence-electron chi connectivity index (χ2n) is 4.17. The minimum Gasteiger partial charge on any atom is -0.375 e. The van der Waals surface area contributed by atoms with Crippen molar-refractivity contribution in [3.63, 3.8) is 0 Å². The Morgan fingerprint density at radius 1 is 1.20 bits per heavy atom. The molecule has 0 saturated carbocycles. The van der Waals surface area contributed by atoms with Crippen LogP contribution in [-0.4, -0.2) is 16.8 Å². The van der Waals surface area contributed by atoms with Crippen molar-refractivity contribution in [3.05, 3.63) is 34.4 Å². The van der Waals surface area contributed by atoms with Gasteiger partial charge in [0.1, 0.15) is 5.52 Å². The molecule has 3 N–H and O–H groups in total. The van der Waals surface area contributed by atoms with Crippen molar-refractivity contribution in [2.75, 3.05) is 5.73 Å². The minimum absolute atomic E-state index is 0.266. The number of nitrogens with one attached hydrogen (secondary N) is 1. The molecular weight excluding hydrogens is 298 g/mol. The number of nitrogen functional groups attached to an aromatic ring is 1. The van der Waals surface area contributed by atoms with Crippen molar-refractivity contribution in [2.45, 2.75) is 13.8 Å². The van der Waals surface area contributed by atoms with Gasteiger partial charge in [0, 0.05) is 11.1 Å². The number of rotatable bonds is 0. The van der Waals surface area contributed by atoms with Gasteiger partial charge in [-0.15, -0.1) is 0 Å². The molecule has 5 nitrogen and oxygen atoms in total. The number of fused-ring (bicyclic) bond motifs is 1. The van der Waals surface area contributed by atoms with E-state index in [1.165, 1.54) is 11.3 Å². The predicted molar refractivity (Wildman–Crippen MR) is 80.6 cm³/mol. The van der Waals surface area contributed by atoms with Crippen LogP contribution >= 0.6 is 22.9 Å². The normalized spacial score (nSPS) is 14.3. The molecule has 0 spiro atoms. The number of thiazole rings is 1. The van der Waals surface area contributed by atoms with E-state index in [4.69, 9.17) is 17.3 Å². The van der Waals surface area contributed by atoms with E-state index in [1.807, 2.05) is 18.2 Å². The molecule has 1 aliphatic rings. The Bertz CT molecular complexity index is 714. The topological polar surface area (TPSA) is 85.1 Å². The maximum atomic E-state index is 10.6. The van der Waals surface area contributed by atoms with Crippen LogP contribution in [0.5, 0.6) is 0 Å². The molecule has 2 aromatic rings. The van der Waals surface area contributed by atoms with Gasteiger partial charge in [-0.05, 0) is 26.0 Å². The number of imide groups is 1. The van der Waals surface area contributed by atoms with Crippen LogP contribution in [0.15, 0.2) is 29.3 Å². The zero-order valence-electron chi connectivity index (χ0n) is 10.9. The summed E-state index contributed by atoms with van der Waals surface area (Å²) in [5.74, 6) is -0.532. The summed E-state index contributed by atoms with van der Waals surface area (Å²) in [7, 11) is 0. The van der Waals surface area contributed by atoms with Crippen LogP contribution in [0.2, 0.25) is 5.02 Å². The number of anilines is 1. The fourth-order valence-corrected chi connectivity index (χ4v) is 2.60. The molecule has 0 bridgehead atoms. The van der Waals surface area contributed by atoms with Crippen LogP contribution in [0.1, 0.15) is 13.8 Å².